The summed E-state index contributed by atoms with van der Waals surface area (Å²) in [7, 11) is 0. The number of anilines is 1. The second kappa shape index (κ2) is 8.98. The first-order chi connectivity index (χ1) is 15.3. The summed E-state index contributed by atoms with van der Waals surface area (Å²) in [6.07, 6.45) is 1.43. The lowest BCUT2D eigenvalue weighted by molar-refractivity contribution is 0.102. The van der Waals surface area contributed by atoms with Crippen molar-refractivity contribution in [3.8, 4) is 17.4 Å². The molecule has 162 valence electrons. The molecular weight excluding hydrogens is 449 g/mol. The Morgan fingerprint density at radius 2 is 1.75 bits per heavy atom. The van der Waals surface area contributed by atoms with E-state index < -0.39 is 0 Å². The Balaban J connectivity index is 1.47. The summed E-state index contributed by atoms with van der Waals surface area (Å²) in [4.78, 5) is 20.9. The first-order valence-electron chi connectivity index (χ1n) is 9.71. The van der Waals surface area contributed by atoms with Gasteiger partial charge in [0.2, 0.25) is 5.88 Å². The van der Waals surface area contributed by atoms with Crippen LogP contribution in [0.2, 0.25) is 10.0 Å². The molecule has 4 aromatic rings. The van der Waals surface area contributed by atoms with Gasteiger partial charge in [0, 0.05) is 22.5 Å². The van der Waals surface area contributed by atoms with Crippen molar-refractivity contribution in [2.45, 2.75) is 20.8 Å². The minimum absolute atomic E-state index is 0.285. The van der Waals surface area contributed by atoms with E-state index in [1.165, 1.54) is 12.4 Å². The van der Waals surface area contributed by atoms with Crippen molar-refractivity contribution in [2.75, 3.05) is 5.32 Å². The van der Waals surface area contributed by atoms with E-state index in [4.69, 9.17) is 27.9 Å². The van der Waals surface area contributed by atoms with Gasteiger partial charge in [0.1, 0.15) is 12.1 Å². The highest BCUT2D eigenvalue weighted by atomic mass is 35.5. The second-order valence-corrected chi connectivity index (χ2v) is 7.97. The van der Waals surface area contributed by atoms with Crippen LogP contribution in [0, 0.1) is 20.8 Å². The number of benzene rings is 2. The maximum absolute atomic E-state index is 12.5. The minimum atomic E-state index is -0.332. The van der Waals surface area contributed by atoms with Crippen LogP contribution < -0.4 is 10.1 Å². The number of aryl methyl sites for hydroxylation is 1. The van der Waals surface area contributed by atoms with E-state index in [1.807, 2.05) is 20.8 Å². The normalized spacial score (nSPS) is 10.8. The van der Waals surface area contributed by atoms with Gasteiger partial charge in [-0.25, -0.2) is 14.6 Å². The molecule has 0 saturated heterocycles. The second-order valence-electron chi connectivity index (χ2n) is 7.13. The van der Waals surface area contributed by atoms with E-state index in [0.717, 1.165) is 17.0 Å². The number of carbonyl (C=O) groups is 1. The highest BCUT2D eigenvalue weighted by molar-refractivity contribution is 6.37. The molecule has 0 aliphatic heterocycles. The van der Waals surface area contributed by atoms with Gasteiger partial charge in [-0.3, -0.25) is 4.79 Å². The van der Waals surface area contributed by atoms with Crippen LogP contribution in [0.1, 0.15) is 27.3 Å². The predicted octanol–water partition coefficient (Wildman–Crippen LogP) is 5.94. The van der Waals surface area contributed by atoms with Gasteiger partial charge in [0.05, 0.1) is 16.3 Å². The van der Waals surface area contributed by atoms with Crippen molar-refractivity contribution < 1.29 is 9.53 Å². The summed E-state index contributed by atoms with van der Waals surface area (Å²) in [5.41, 5.74) is 4.00. The van der Waals surface area contributed by atoms with Crippen LogP contribution in [0.3, 0.4) is 0 Å². The number of nitrogens with one attached hydrogen (secondary N) is 1. The molecule has 7 nitrogen and oxygen atoms in total. The summed E-state index contributed by atoms with van der Waals surface area (Å²) in [5.74, 6) is 1.22. The maximum Gasteiger partial charge on any atom is 0.257 e. The molecule has 32 heavy (non-hydrogen) atoms. The smallest absolute Gasteiger partial charge is 0.257 e. The molecule has 9 heteroatoms. The molecule has 2 heterocycles. The van der Waals surface area contributed by atoms with Gasteiger partial charge in [0.15, 0.2) is 5.82 Å². The average molecular weight is 468 g/mol. The molecule has 0 atom stereocenters. The van der Waals surface area contributed by atoms with Crippen molar-refractivity contribution in [3.05, 3.63) is 87.4 Å². The Kier molecular flexibility index (Phi) is 6.12. The van der Waals surface area contributed by atoms with Crippen LogP contribution in [0.25, 0.3) is 5.82 Å². The van der Waals surface area contributed by atoms with Crippen LogP contribution in [-0.2, 0) is 0 Å². The molecule has 0 spiro atoms. The minimum Gasteiger partial charge on any atom is -0.439 e. The summed E-state index contributed by atoms with van der Waals surface area (Å²) in [6, 6.07) is 13.3. The van der Waals surface area contributed by atoms with Crippen molar-refractivity contribution in [1.29, 1.82) is 0 Å². The van der Waals surface area contributed by atoms with Crippen LogP contribution >= 0.6 is 23.2 Å². The highest BCUT2D eigenvalue weighted by Gasteiger charge is 2.13. The zero-order chi connectivity index (χ0) is 22.8. The maximum atomic E-state index is 12.5. The fourth-order valence-corrected chi connectivity index (χ4v) is 3.54. The first kappa shape index (κ1) is 21.8. The Morgan fingerprint density at radius 1 is 1.00 bits per heavy atom. The lowest BCUT2D eigenvalue weighted by Crippen LogP contribution is -2.12. The van der Waals surface area contributed by atoms with E-state index in [2.05, 4.69) is 20.4 Å². The van der Waals surface area contributed by atoms with Crippen molar-refractivity contribution in [1.82, 2.24) is 19.7 Å². The lowest BCUT2D eigenvalue weighted by Gasteiger charge is -2.09. The van der Waals surface area contributed by atoms with Gasteiger partial charge < -0.3 is 10.1 Å². The molecular formula is C23H19Cl2N5O2. The Labute approximate surface area is 195 Å². The van der Waals surface area contributed by atoms with Gasteiger partial charge in [-0.1, -0.05) is 23.2 Å². The topological polar surface area (TPSA) is 81.9 Å². The first-order valence-corrected chi connectivity index (χ1v) is 10.5. The number of hydrogen-bond donors (Lipinski definition) is 1. The zero-order valence-electron chi connectivity index (χ0n) is 17.6. The van der Waals surface area contributed by atoms with E-state index in [0.29, 0.717) is 33.7 Å². The van der Waals surface area contributed by atoms with Crippen molar-refractivity contribution in [3.63, 3.8) is 0 Å². The molecule has 0 aliphatic rings. The SMILES string of the molecule is Cc1nn(-c2cc(Oc3ccc(NC(=O)c4ccc(Cl)cc4Cl)cc3)ncn2)c(C)c1C. The average Bonchev–Trinajstić information content (AvgIpc) is 3.02. The van der Waals surface area contributed by atoms with Crippen molar-refractivity contribution in [2.24, 2.45) is 0 Å². The fourth-order valence-electron chi connectivity index (χ4n) is 3.04. The van der Waals surface area contributed by atoms with Crippen molar-refractivity contribution >= 4 is 34.8 Å². The number of halogens is 2. The number of aromatic nitrogens is 4. The van der Waals surface area contributed by atoms with E-state index in [1.54, 1.807) is 47.1 Å². The lowest BCUT2D eigenvalue weighted by atomic mass is 10.2. The van der Waals surface area contributed by atoms with E-state index in [9.17, 15) is 4.79 Å². The summed E-state index contributed by atoms with van der Waals surface area (Å²) in [5, 5.41) is 8.06. The number of carbonyl (C=O) groups excluding carboxylic acids is 1. The molecule has 4 rings (SSSR count). The molecule has 2 aromatic heterocycles. The third kappa shape index (κ3) is 4.59. The number of hydrogen-bond acceptors (Lipinski definition) is 5. The predicted molar refractivity (Wildman–Crippen MR) is 124 cm³/mol. The van der Waals surface area contributed by atoms with Crippen LogP contribution in [0.5, 0.6) is 11.6 Å². The molecule has 1 N–H and O–H groups in total. The molecule has 2 aromatic carbocycles. The van der Waals surface area contributed by atoms with Gasteiger partial charge in [0.25, 0.3) is 5.91 Å². The van der Waals surface area contributed by atoms with Gasteiger partial charge in [-0.2, -0.15) is 5.10 Å². The highest BCUT2D eigenvalue weighted by Crippen LogP contribution is 2.25. The Hall–Kier alpha value is -3.42. The summed E-state index contributed by atoms with van der Waals surface area (Å²) in [6.45, 7) is 5.97. The molecule has 0 fully saturated rings. The van der Waals surface area contributed by atoms with Gasteiger partial charge >= 0.3 is 0 Å². The summed E-state index contributed by atoms with van der Waals surface area (Å²) < 4.78 is 7.62. The zero-order valence-corrected chi connectivity index (χ0v) is 19.1. The standard InChI is InChI=1S/C23H19Cl2N5O2/c1-13-14(2)29-30(15(13)3)21-11-22(27-12-26-21)32-18-7-5-17(6-8-18)28-23(31)19-9-4-16(24)10-20(19)25/h4-12H,1-3H3,(H,28,31). The third-order valence-electron chi connectivity index (χ3n) is 5.01. The van der Waals surface area contributed by atoms with E-state index in [-0.39, 0.29) is 10.9 Å². The third-order valence-corrected chi connectivity index (χ3v) is 5.56. The molecule has 0 bridgehead atoms. The fraction of sp³-hybridized carbons (Fsp3) is 0.130. The van der Waals surface area contributed by atoms with Crippen LogP contribution in [0.15, 0.2) is 54.9 Å². The van der Waals surface area contributed by atoms with Crippen LogP contribution in [0.4, 0.5) is 5.69 Å². The van der Waals surface area contributed by atoms with Gasteiger partial charge in [-0.15, -0.1) is 0 Å². The number of amides is 1. The molecule has 1 amide bonds. The van der Waals surface area contributed by atoms with Crippen LogP contribution in [-0.4, -0.2) is 25.7 Å². The Morgan fingerprint density at radius 3 is 2.41 bits per heavy atom. The molecule has 0 saturated carbocycles. The summed E-state index contributed by atoms with van der Waals surface area (Å²) >= 11 is 12.0. The van der Waals surface area contributed by atoms with E-state index >= 15 is 0 Å². The number of rotatable bonds is 5. The molecule has 0 radical (unpaired) electrons. The monoisotopic (exact) mass is 467 g/mol. The number of ether oxygens (including phenoxy) is 1. The number of nitrogens with zero attached hydrogens (tertiary/aromatic N) is 4. The Bertz CT molecular complexity index is 1300. The largest absolute Gasteiger partial charge is 0.439 e. The molecule has 0 aliphatic carbocycles. The molecule has 0 unspecified atom stereocenters. The quantitative estimate of drug-likeness (QED) is 0.392. The van der Waals surface area contributed by atoms with Gasteiger partial charge in [-0.05, 0) is 68.8 Å².